The molecule has 0 fully saturated rings. The number of hydrogen-bond acceptors (Lipinski definition) is 5. The lowest BCUT2D eigenvalue weighted by Gasteiger charge is -2.26. The first kappa shape index (κ1) is 13.1. The van der Waals surface area contributed by atoms with Gasteiger partial charge in [-0.1, -0.05) is 23.9 Å². The van der Waals surface area contributed by atoms with Crippen molar-refractivity contribution in [1.82, 2.24) is 5.32 Å². The Hall–Kier alpha value is -0.850. The van der Waals surface area contributed by atoms with Gasteiger partial charge in [0.15, 0.2) is 0 Å². The Labute approximate surface area is 120 Å². The third-order valence-corrected chi connectivity index (χ3v) is 3.74. The summed E-state index contributed by atoms with van der Waals surface area (Å²) in [4.78, 5) is 22.6. The number of carbonyl (C=O) groups excluding carboxylic acids is 2. The van der Waals surface area contributed by atoms with Gasteiger partial charge in [-0.15, -0.1) is 0 Å². The van der Waals surface area contributed by atoms with Crippen LogP contribution in [0.4, 0.5) is 0 Å². The fourth-order valence-corrected chi connectivity index (χ4v) is 2.45. The number of allylic oxidation sites excluding steroid dienone is 1. The van der Waals surface area contributed by atoms with E-state index in [-0.39, 0.29) is 12.0 Å². The summed E-state index contributed by atoms with van der Waals surface area (Å²) in [6.45, 7) is 1.72. The fraction of sp³-hybridized carbons (Fsp3) is 0.692. The molecule has 4 N–H and O–H groups in total. The molecule has 0 aromatic heterocycles. The maximum atomic E-state index is 11.9. The Kier molecular flexibility index (Phi) is 5.78. The second-order valence-electron chi connectivity index (χ2n) is 4.39. The zero-order valence-electron chi connectivity index (χ0n) is 13.0. The van der Waals surface area contributed by atoms with Gasteiger partial charge in [0.25, 0.3) is 0 Å². The molecule has 0 aliphatic heterocycles. The van der Waals surface area contributed by atoms with E-state index in [0.29, 0.717) is 31.6 Å². The van der Waals surface area contributed by atoms with Gasteiger partial charge < -0.3 is 16.2 Å². The van der Waals surface area contributed by atoms with Crippen LogP contribution in [0.2, 0.25) is 0 Å². The normalized spacial score (nSPS) is 27.6. The summed E-state index contributed by atoms with van der Waals surface area (Å²) in [5.74, 6) is -1.33. The average molecular weight is 288 g/mol. The van der Waals surface area contributed by atoms with Crippen LogP contribution in [0.3, 0.4) is 0 Å². The highest BCUT2D eigenvalue weighted by Gasteiger charge is 2.29. The molecule has 0 saturated carbocycles. The molecule has 6 heteroatoms. The van der Waals surface area contributed by atoms with Crippen LogP contribution in [0, 0.1) is 5.89 Å². The molecule has 1 amide bonds. The van der Waals surface area contributed by atoms with Gasteiger partial charge in [-0.2, -0.15) is 0 Å². The molecule has 0 saturated heterocycles. The first-order chi connectivity index (χ1) is 9.79. The van der Waals surface area contributed by atoms with Crippen LogP contribution < -0.4 is 11.1 Å². The molecule has 0 aromatic rings. The number of thioether (sulfide) groups is 1. The van der Waals surface area contributed by atoms with Crippen molar-refractivity contribution < 1.29 is 17.4 Å². The highest BCUT2D eigenvalue weighted by Crippen LogP contribution is 2.23. The number of nitrogens with one attached hydrogen (secondary N) is 1. The van der Waals surface area contributed by atoms with E-state index < -0.39 is 23.2 Å². The molecule has 1 rings (SSSR count). The second-order valence-corrected chi connectivity index (χ2v) is 5.49. The SMILES string of the molecule is [2H]C1=CCCC[C@]1([2H])[C@H](O)[C@@H](N)C(=O)SCCNC(C)=O. The summed E-state index contributed by atoms with van der Waals surface area (Å²) >= 11 is 0.916. The summed E-state index contributed by atoms with van der Waals surface area (Å²) in [6.07, 6.45) is 1.92. The van der Waals surface area contributed by atoms with Gasteiger partial charge in [0.1, 0.15) is 6.04 Å². The molecule has 1 aliphatic carbocycles. The predicted octanol–water partition coefficient (Wildman–Crippen LogP) is 0.427. The molecule has 108 valence electrons. The average Bonchev–Trinajstić information content (AvgIpc) is 2.44. The monoisotopic (exact) mass is 288 g/mol. The van der Waals surface area contributed by atoms with E-state index in [2.05, 4.69) is 5.32 Å². The quantitative estimate of drug-likeness (QED) is 0.487. The number of aliphatic hydroxyl groups excluding tert-OH is 1. The fourth-order valence-electron chi connectivity index (χ4n) is 1.72. The van der Waals surface area contributed by atoms with Gasteiger partial charge in [0, 0.05) is 26.5 Å². The maximum absolute atomic E-state index is 11.9. The van der Waals surface area contributed by atoms with E-state index in [1.54, 1.807) is 6.08 Å². The molecule has 0 unspecified atom stereocenters. The van der Waals surface area contributed by atoms with Crippen molar-refractivity contribution in [2.45, 2.75) is 38.3 Å². The van der Waals surface area contributed by atoms with Crippen molar-refractivity contribution in [1.29, 1.82) is 0 Å². The zero-order valence-corrected chi connectivity index (χ0v) is 11.8. The molecule has 0 heterocycles. The molecule has 5 nitrogen and oxygen atoms in total. The van der Waals surface area contributed by atoms with Gasteiger partial charge in [-0.3, -0.25) is 9.59 Å². The largest absolute Gasteiger partial charge is 0.390 e. The zero-order chi connectivity index (χ0) is 16.0. The van der Waals surface area contributed by atoms with Gasteiger partial charge in [0.05, 0.1) is 7.47 Å². The summed E-state index contributed by atoms with van der Waals surface area (Å²) in [7, 11) is 0. The molecular weight excluding hydrogens is 264 g/mol. The molecule has 0 radical (unpaired) electrons. The Morgan fingerprint density at radius 1 is 1.74 bits per heavy atom. The Morgan fingerprint density at radius 3 is 3.11 bits per heavy atom. The molecule has 0 bridgehead atoms. The van der Waals surface area contributed by atoms with Gasteiger partial charge >= 0.3 is 0 Å². The first-order valence-electron chi connectivity index (χ1n) is 7.31. The molecular formula is C13H22N2O3S. The van der Waals surface area contributed by atoms with Crippen LogP contribution in [0.5, 0.6) is 0 Å². The van der Waals surface area contributed by atoms with Crippen molar-refractivity contribution >= 4 is 22.8 Å². The summed E-state index contributed by atoms with van der Waals surface area (Å²) in [5.41, 5.74) is 5.74. The van der Waals surface area contributed by atoms with Crippen molar-refractivity contribution in [3.63, 3.8) is 0 Å². The van der Waals surface area contributed by atoms with Crippen LogP contribution >= 0.6 is 11.8 Å². The second kappa shape index (κ2) is 8.35. The minimum Gasteiger partial charge on any atom is -0.390 e. The van der Waals surface area contributed by atoms with Gasteiger partial charge in [0.2, 0.25) is 11.0 Å². The van der Waals surface area contributed by atoms with E-state index in [4.69, 9.17) is 8.48 Å². The lowest BCUT2D eigenvalue weighted by Crippen LogP contribution is -2.44. The van der Waals surface area contributed by atoms with Crippen molar-refractivity contribution in [2.24, 2.45) is 11.6 Å². The van der Waals surface area contributed by atoms with Crippen LogP contribution in [0.1, 0.15) is 28.9 Å². The van der Waals surface area contributed by atoms with Crippen LogP contribution in [-0.2, 0) is 9.59 Å². The lowest BCUT2D eigenvalue weighted by atomic mass is 9.88. The highest BCUT2D eigenvalue weighted by atomic mass is 32.2. The number of nitrogens with two attached hydrogens (primary N) is 1. The van der Waals surface area contributed by atoms with Gasteiger partial charge in [-0.05, 0) is 19.3 Å². The molecule has 0 aromatic carbocycles. The lowest BCUT2D eigenvalue weighted by molar-refractivity contribution is -0.119. The summed E-state index contributed by atoms with van der Waals surface area (Å²) in [5, 5.41) is 12.3. The molecule has 1 aliphatic rings. The smallest absolute Gasteiger partial charge is 0.216 e. The first-order valence-corrected chi connectivity index (χ1v) is 7.29. The molecule has 0 spiro atoms. The van der Waals surface area contributed by atoms with Crippen molar-refractivity contribution in [3.8, 4) is 0 Å². The number of rotatable bonds is 6. The predicted molar refractivity (Wildman–Crippen MR) is 76.6 cm³/mol. The minimum absolute atomic E-state index is 0.0211. The van der Waals surface area contributed by atoms with Crippen molar-refractivity contribution in [3.05, 3.63) is 12.1 Å². The van der Waals surface area contributed by atoms with E-state index in [1.807, 2.05) is 0 Å². The number of aliphatic hydroxyl groups is 1. The number of carbonyl (C=O) groups is 2. The number of hydrogen-bond donors (Lipinski definition) is 3. The molecule has 19 heavy (non-hydrogen) atoms. The Bertz CT molecular complexity index is 434. The summed E-state index contributed by atoms with van der Waals surface area (Å²) < 4.78 is 16.0. The van der Waals surface area contributed by atoms with Crippen molar-refractivity contribution in [2.75, 3.05) is 12.3 Å². The Balaban J connectivity index is 2.55. The minimum atomic E-state index is -1.51. The van der Waals surface area contributed by atoms with Crippen LogP contribution in [0.15, 0.2) is 12.1 Å². The van der Waals surface area contributed by atoms with E-state index in [0.717, 1.165) is 11.8 Å². The van der Waals surface area contributed by atoms with E-state index in [1.165, 1.54) is 6.92 Å². The number of amides is 1. The Morgan fingerprint density at radius 2 is 2.47 bits per heavy atom. The molecule has 3 atom stereocenters. The summed E-state index contributed by atoms with van der Waals surface area (Å²) in [6, 6.07) is -1.19. The third kappa shape index (κ3) is 5.76. The van der Waals surface area contributed by atoms with E-state index in [9.17, 15) is 14.7 Å². The maximum Gasteiger partial charge on any atom is 0.216 e. The van der Waals surface area contributed by atoms with Crippen LogP contribution in [-0.4, -0.2) is 40.6 Å². The van der Waals surface area contributed by atoms with E-state index >= 15 is 0 Å². The standard InChI is InChI=1S/C13H22N2O3S/c1-9(16)15-7-8-19-13(18)11(14)12(17)10-5-3-2-4-6-10/h3,5,10-12,17H,2,4,6-8,14H2,1H3,(H,15,16)/t10-,11-,12+/m1/s1/i5D,10D. The van der Waals surface area contributed by atoms with Gasteiger partial charge in [-0.25, -0.2) is 0 Å². The topological polar surface area (TPSA) is 92.4 Å². The highest BCUT2D eigenvalue weighted by molar-refractivity contribution is 8.13. The third-order valence-electron chi connectivity index (χ3n) is 2.77. The van der Waals surface area contributed by atoms with Crippen LogP contribution in [0.25, 0.3) is 0 Å².